The molecule has 0 radical (unpaired) electrons. The predicted octanol–water partition coefficient (Wildman–Crippen LogP) is 0.171. The molecular weight excluding hydrogens is 258 g/mol. The Labute approximate surface area is 105 Å². The minimum absolute atomic E-state index is 0. The first-order chi connectivity index (χ1) is 7.52. The van der Waals surface area contributed by atoms with Crippen LogP contribution >= 0.6 is 12.4 Å². The molecule has 0 aliphatic rings. The molecule has 0 unspecified atom stereocenters. The molecule has 0 aromatic rings. The Morgan fingerprint density at radius 2 is 2.00 bits per heavy atom. The molecule has 1 amide bonds. The van der Waals surface area contributed by atoms with Crippen molar-refractivity contribution in [3.8, 4) is 0 Å². The first kappa shape index (κ1) is 18.9. The third-order valence-electron chi connectivity index (χ3n) is 1.75. The second kappa shape index (κ2) is 10.6. The highest BCUT2D eigenvalue weighted by Crippen LogP contribution is 2.08. The molecule has 0 atom stereocenters. The van der Waals surface area contributed by atoms with Gasteiger partial charge in [-0.15, -0.1) is 12.4 Å². The Morgan fingerprint density at radius 3 is 2.53 bits per heavy atom. The molecule has 0 aliphatic carbocycles. The number of nitrogens with one attached hydrogen (secondary N) is 1. The van der Waals surface area contributed by atoms with Crippen molar-refractivity contribution in [1.82, 2.24) is 5.32 Å². The molecule has 0 heterocycles. The number of ether oxygens (including phenoxy) is 2. The van der Waals surface area contributed by atoms with Crippen LogP contribution in [0.4, 0.5) is 8.78 Å². The minimum atomic E-state index is -3.05. The average Bonchev–Trinajstić information content (AvgIpc) is 2.26. The van der Waals surface area contributed by atoms with E-state index in [1.807, 2.05) is 0 Å². The summed E-state index contributed by atoms with van der Waals surface area (Å²) in [5.74, 6) is -3.53. The number of carbonyl (C=O) groups excluding carboxylic acids is 1. The Bertz CT molecular complexity index is 209. The second-order valence-corrected chi connectivity index (χ2v) is 3.19. The van der Waals surface area contributed by atoms with Crippen LogP contribution in [0.15, 0.2) is 0 Å². The summed E-state index contributed by atoms with van der Waals surface area (Å²) in [6, 6.07) is 0. The molecule has 5 nitrogen and oxygen atoms in total. The summed E-state index contributed by atoms with van der Waals surface area (Å²) < 4.78 is 35.0. The molecular formula is C9H19ClF2N2O3. The topological polar surface area (TPSA) is 73.6 Å². The summed E-state index contributed by atoms with van der Waals surface area (Å²) in [6.45, 7) is -0.517. The van der Waals surface area contributed by atoms with Gasteiger partial charge in [0, 0.05) is 13.5 Å². The zero-order chi connectivity index (χ0) is 12.4. The molecule has 0 fully saturated rings. The van der Waals surface area contributed by atoms with Gasteiger partial charge in [-0.3, -0.25) is 4.79 Å². The van der Waals surface area contributed by atoms with Gasteiger partial charge in [-0.1, -0.05) is 0 Å². The molecule has 0 bridgehead atoms. The highest BCUT2D eigenvalue weighted by Gasteiger charge is 2.26. The van der Waals surface area contributed by atoms with Crippen molar-refractivity contribution in [1.29, 1.82) is 0 Å². The van der Waals surface area contributed by atoms with Gasteiger partial charge < -0.3 is 20.5 Å². The van der Waals surface area contributed by atoms with E-state index in [4.69, 9.17) is 15.2 Å². The number of hydrogen-bond donors (Lipinski definition) is 2. The summed E-state index contributed by atoms with van der Waals surface area (Å²) >= 11 is 0. The van der Waals surface area contributed by atoms with Crippen LogP contribution in [0.5, 0.6) is 0 Å². The van der Waals surface area contributed by atoms with Gasteiger partial charge in [0.2, 0.25) is 5.91 Å². The lowest BCUT2D eigenvalue weighted by Gasteiger charge is -2.14. The van der Waals surface area contributed by atoms with Crippen LogP contribution in [-0.4, -0.2) is 51.8 Å². The highest BCUT2D eigenvalue weighted by molar-refractivity contribution is 5.85. The van der Waals surface area contributed by atoms with Crippen LogP contribution in [0.1, 0.15) is 6.42 Å². The van der Waals surface area contributed by atoms with E-state index in [0.29, 0.717) is 13.2 Å². The number of carbonyl (C=O) groups is 1. The Morgan fingerprint density at radius 1 is 1.35 bits per heavy atom. The van der Waals surface area contributed by atoms with E-state index in [1.54, 1.807) is 0 Å². The number of rotatable bonds is 9. The standard InChI is InChI=1S/C9H18F2N2O3.ClH/c1-15-4-5-16-3-2-8(14)13-7-9(10,11)6-12;/h2-7,12H2,1H3,(H,13,14);1H. The normalized spacial score (nSPS) is 10.8. The van der Waals surface area contributed by atoms with Gasteiger partial charge in [-0.2, -0.15) is 0 Å². The fourth-order valence-corrected chi connectivity index (χ4v) is 0.798. The van der Waals surface area contributed by atoms with Crippen LogP contribution in [0.2, 0.25) is 0 Å². The second-order valence-electron chi connectivity index (χ2n) is 3.19. The lowest BCUT2D eigenvalue weighted by molar-refractivity contribution is -0.124. The van der Waals surface area contributed by atoms with Gasteiger partial charge in [-0.05, 0) is 0 Å². The van der Waals surface area contributed by atoms with Crippen molar-refractivity contribution in [3.05, 3.63) is 0 Å². The summed E-state index contributed by atoms with van der Waals surface area (Å²) in [5, 5.41) is 2.08. The first-order valence-electron chi connectivity index (χ1n) is 4.93. The quantitative estimate of drug-likeness (QED) is 0.589. The average molecular weight is 277 g/mol. The molecule has 0 rings (SSSR count). The maximum atomic E-state index is 12.6. The maximum Gasteiger partial charge on any atom is 0.277 e. The summed E-state index contributed by atoms with van der Waals surface area (Å²) in [7, 11) is 1.53. The fraction of sp³-hybridized carbons (Fsp3) is 0.889. The van der Waals surface area contributed by atoms with Gasteiger partial charge >= 0.3 is 0 Å². The van der Waals surface area contributed by atoms with E-state index in [-0.39, 0.29) is 25.4 Å². The number of amides is 1. The highest BCUT2D eigenvalue weighted by atomic mass is 35.5. The monoisotopic (exact) mass is 276 g/mol. The summed E-state index contributed by atoms with van der Waals surface area (Å²) in [5.41, 5.74) is 4.81. The van der Waals surface area contributed by atoms with Crippen LogP contribution < -0.4 is 11.1 Å². The van der Waals surface area contributed by atoms with Crippen LogP contribution in [0.3, 0.4) is 0 Å². The van der Waals surface area contributed by atoms with Gasteiger partial charge in [0.15, 0.2) is 0 Å². The third kappa shape index (κ3) is 11.8. The van der Waals surface area contributed by atoms with Crippen LogP contribution in [0, 0.1) is 0 Å². The molecule has 0 saturated heterocycles. The largest absolute Gasteiger partial charge is 0.382 e. The van der Waals surface area contributed by atoms with Crippen LogP contribution in [0.25, 0.3) is 0 Å². The molecule has 0 spiro atoms. The van der Waals surface area contributed by atoms with E-state index in [0.717, 1.165) is 0 Å². The van der Waals surface area contributed by atoms with Crippen molar-refractivity contribution in [3.63, 3.8) is 0 Å². The van der Waals surface area contributed by atoms with Gasteiger partial charge in [-0.25, -0.2) is 8.78 Å². The molecule has 0 saturated carbocycles. The maximum absolute atomic E-state index is 12.6. The Balaban J connectivity index is 0. The number of hydrogen-bond acceptors (Lipinski definition) is 4. The third-order valence-corrected chi connectivity index (χ3v) is 1.75. The molecule has 17 heavy (non-hydrogen) atoms. The van der Waals surface area contributed by atoms with Gasteiger partial charge in [0.1, 0.15) is 0 Å². The number of alkyl halides is 2. The SMILES string of the molecule is COCCOCCC(=O)NCC(F)(F)CN.Cl. The van der Waals surface area contributed by atoms with E-state index >= 15 is 0 Å². The lowest BCUT2D eigenvalue weighted by atomic mass is 10.3. The zero-order valence-corrected chi connectivity index (χ0v) is 10.5. The summed E-state index contributed by atoms with van der Waals surface area (Å²) in [4.78, 5) is 11.0. The van der Waals surface area contributed by atoms with E-state index in [2.05, 4.69) is 5.32 Å². The van der Waals surface area contributed by atoms with Gasteiger partial charge in [0.05, 0.1) is 32.9 Å². The lowest BCUT2D eigenvalue weighted by Crippen LogP contribution is -2.41. The number of nitrogens with two attached hydrogens (primary N) is 1. The van der Waals surface area contributed by atoms with Crippen molar-refractivity contribution in [2.45, 2.75) is 12.3 Å². The van der Waals surface area contributed by atoms with Crippen molar-refractivity contribution in [2.75, 3.05) is 40.0 Å². The summed E-state index contributed by atoms with van der Waals surface area (Å²) in [6.07, 6.45) is 0.0460. The fourth-order valence-electron chi connectivity index (χ4n) is 0.798. The molecule has 104 valence electrons. The zero-order valence-electron chi connectivity index (χ0n) is 9.71. The Hall–Kier alpha value is -0.500. The molecule has 0 aromatic carbocycles. The van der Waals surface area contributed by atoms with Crippen molar-refractivity contribution in [2.24, 2.45) is 5.73 Å². The minimum Gasteiger partial charge on any atom is -0.382 e. The van der Waals surface area contributed by atoms with Crippen molar-refractivity contribution >= 4 is 18.3 Å². The molecule has 8 heteroatoms. The first-order valence-corrected chi connectivity index (χ1v) is 4.93. The van der Waals surface area contributed by atoms with Gasteiger partial charge in [0.25, 0.3) is 5.92 Å². The molecule has 0 aromatic heterocycles. The Kier molecular flexibility index (Phi) is 11.8. The van der Waals surface area contributed by atoms with Crippen LogP contribution in [-0.2, 0) is 14.3 Å². The number of halogens is 3. The molecule has 0 aliphatic heterocycles. The van der Waals surface area contributed by atoms with E-state index in [1.165, 1.54) is 7.11 Å². The van der Waals surface area contributed by atoms with E-state index in [9.17, 15) is 13.6 Å². The van der Waals surface area contributed by atoms with E-state index < -0.39 is 24.9 Å². The molecule has 3 N–H and O–H groups in total. The van der Waals surface area contributed by atoms with Crippen molar-refractivity contribution < 1.29 is 23.0 Å². The number of methoxy groups -OCH3 is 1. The predicted molar refractivity (Wildman–Crippen MR) is 61.6 cm³/mol. The smallest absolute Gasteiger partial charge is 0.277 e.